The van der Waals surface area contributed by atoms with Crippen molar-refractivity contribution in [1.29, 1.82) is 0 Å². The van der Waals surface area contributed by atoms with Crippen molar-refractivity contribution in [3.05, 3.63) is 217 Å². The fraction of sp³-hybridized carbons (Fsp3) is 0.587. The first-order chi connectivity index (χ1) is 48.9. The summed E-state index contributed by atoms with van der Waals surface area (Å²) >= 11 is 0. The number of rotatable bonds is 24. The number of nitrogens with zero attached hydrogens (tertiary/aromatic N) is 6. The van der Waals surface area contributed by atoms with Gasteiger partial charge in [0.25, 0.3) is 0 Å². The number of benzene rings is 6. The smallest absolute Gasteiger partial charge is 1.00 e. The van der Waals surface area contributed by atoms with Crippen LogP contribution in [0.15, 0.2) is 72.8 Å². The molecular weight excluding hydrogens is 1780 g/mol. The Morgan fingerprint density at radius 2 is 0.250 bits per heavy atom. The number of halogens is 2. The van der Waals surface area contributed by atoms with Crippen LogP contribution in [0.1, 0.15) is 266 Å². The van der Waals surface area contributed by atoms with Crippen molar-refractivity contribution in [2.24, 2.45) is 0 Å². The Bertz CT molecular complexity index is 2850. The molecule has 0 fully saturated rings. The minimum Gasteiger partial charge on any atom is -1.00 e. The zero-order valence-corrected chi connectivity index (χ0v) is 91.3. The molecule has 0 heterocycles. The quantitative estimate of drug-likeness (QED) is 0.0325. The average molecular weight is 1930 g/mol. The van der Waals surface area contributed by atoms with Gasteiger partial charge in [0.1, 0.15) is 0 Å². The molecule has 6 rings (SSSR count). The Balaban J connectivity index is -0.000000189. The van der Waals surface area contributed by atoms with Gasteiger partial charge < -0.3 is 55.3 Å². The van der Waals surface area contributed by atoms with Crippen molar-refractivity contribution < 1.29 is 120 Å². The molecule has 0 aliphatic carbocycles. The molecule has 6 aromatic carbocycles. The minimum absolute atomic E-state index is 0. The van der Waals surface area contributed by atoms with Gasteiger partial charge in [-0.15, -0.1) is 34.1 Å². The molecule has 630 valence electrons. The summed E-state index contributed by atoms with van der Waals surface area (Å²) in [5.74, 6) is 0. The monoisotopic (exact) mass is 1920 g/mol. The summed E-state index contributed by atoms with van der Waals surface area (Å²) in [7, 11) is -1.63. The van der Waals surface area contributed by atoms with Crippen LogP contribution in [-0.4, -0.2) is 67.9 Å². The third kappa shape index (κ3) is 46.0. The van der Waals surface area contributed by atoms with Gasteiger partial charge in [0.05, 0.1) is 0 Å². The molecule has 0 aliphatic heterocycles. The summed E-state index contributed by atoms with van der Waals surface area (Å²) in [6, 6.07) is 26.8. The second-order valence-corrected chi connectivity index (χ2v) is 50.6. The third-order valence-electron chi connectivity index (χ3n) is 17.5. The summed E-state index contributed by atoms with van der Waals surface area (Å²) in [5.41, 5.74) is 39.0. The summed E-state index contributed by atoms with van der Waals surface area (Å²) in [6.45, 7) is 103. The van der Waals surface area contributed by atoms with E-state index in [0.717, 1.165) is 0 Å². The van der Waals surface area contributed by atoms with E-state index in [1.54, 1.807) is 0 Å². The third-order valence-corrected chi connectivity index (χ3v) is 32.7. The molecule has 0 bridgehead atoms. The van der Waals surface area contributed by atoms with Crippen molar-refractivity contribution in [2.45, 2.75) is 359 Å². The zero-order valence-electron chi connectivity index (χ0n) is 77.5. The molecule has 20 heteroatoms. The predicted octanol–water partition coefficient (Wildman–Crippen LogP) is 28.9. The number of hydrogen-bond acceptors (Lipinski definition) is 0. The summed E-state index contributed by atoms with van der Waals surface area (Å²) in [6.07, 6.45) is 0. The first-order valence-corrected chi connectivity index (χ1v) is 47.4. The van der Waals surface area contributed by atoms with Crippen LogP contribution in [0.2, 0.25) is 0 Å². The van der Waals surface area contributed by atoms with Crippen LogP contribution in [0.25, 0.3) is 30.5 Å². The van der Waals surface area contributed by atoms with E-state index in [1.165, 1.54) is 134 Å². The first-order valence-electron chi connectivity index (χ1n) is 38.8. The maximum atomic E-state index is 7.50. The van der Waals surface area contributed by atoms with Gasteiger partial charge in [-0.3, -0.25) is 0 Å². The molecule has 112 heavy (non-hydrogen) atoms. The Morgan fingerprint density at radius 3 is 0.304 bits per heavy atom. The van der Waals surface area contributed by atoms with Crippen molar-refractivity contribution in [1.82, 2.24) is 0 Å². The molecule has 0 aliphatic rings. The van der Waals surface area contributed by atoms with Crippen molar-refractivity contribution in [3.8, 4) is 0 Å². The molecule has 0 aromatic heterocycles. The van der Waals surface area contributed by atoms with Gasteiger partial charge in [-0.05, 0) is 193 Å². The van der Waals surface area contributed by atoms with Gasteiger partial charge in [0.15, 0.2) is 0 Å². The van der Waals surface area contributed by atoms with Crippen molar-refractivity contribution in [2.75, 3.05) is 0 Å². The fourth-order valence-electron chi connectivity index (χ4n) is 13.6. The molecule has 0 spiro atoms. The van der Waals surface area contributed by atoms with Crippen molar-refractivity contribution >= 4 is 82.6 Å². The number of aryl methyl sites for hydroxylation is 18. The van der Waals surface area contributed by atoms with E-state index < -0.39 is 0 Å². The first kappa shape index (κ1) is 127. The standard InChI is InChI=1S/6C15H25NP.2CO.2ClH.2Co.2Zr/c6*1-10(2)17(11(3)4)16-15-13(6)8-12(5)9-14(15)7;2*1-2;;;;;;/h6*8-11H,1-7H3;;;2*1H;;;;/q6*-1;;;;;4*+2/p-2. The summed E-state index contributed by atoms with van der Waals surface area (Å²) in [5, 5.41) is 30.4. The van der Waals surface area contributed by atoms with E-state index in [4.69, 9.17) is 39.8 Å². The van der Waals surface area contributed by atoms with Crippen LogP contribution in [0, 0.1) is 138 Å². The molecular formula is C92H150Cl2Co2N6O2P6Zr2. The van der Waals surface area contributed by atoms with Crippen LogP contribution in [0.4, 0.5) is 34.1 Å². The molecule has 0 saturated heterocycles. The molecule has 2 radical (unpaired) electrons. The minimum atomic E-state index is -0.272. The largest absolute Gasteiger partial charge is 2.00 e. The van der Waals surface area contributed by atoms with E-state index in [0.29, 0.717) is 67.9 Å². The van der Waals surface area contributed by atoms with Gasteiger partial charge in [0, 0.05) is 0 Å². The second kappa shape index (κ2) is 64.4. The number of hydrogen-bond donors (Lipinski definition) is 0. The van der Waals surface area contributed by atoms with E-state index in [1.807, 2.05) is 0 Å². The van der Waals surface area contributed by atoms with E-state index >= 15 is 0 Å². The van der Waals surface area contributed by atoms with E-state index in [2.05, 4.69) is 377 Å². The predicted molar refractivity (Wildman–Crippen MR) is 493 cm³/mol. The average Bonchev–Trinajstić information content (AvgIpc) is 0.869. The van der Waals surface area contributed by atoms with Crippen molar-refractivity contribution in [3.63, 3.8) is 0 Å². The molecule has 0 unspecified atom stereocenters. The Hall–Kier alpha value is -0.461. The van der Waals surface area contributed by atoms with E-state index in [9.17, 15) is 0 Å². The maximum Gasteiger partial charge on any atom is 2.00 e. The Labute approximate surface area is 770 Å². The normalized spacial score (nSPS) is 10.6. The van der Waals surface area contributed by atoms with Crippen LogP contribution >= 0.6 is 48.4 Å². The van der Waals surface area contributed by atoms with E-state index in [-0.39, 0.29) is 159 Å². The fourth-order valence-corrected chi connectivity index (χ4v) is 26.8. The molecule has 8 nitrogen and oxygen atoms in total. The molecule has 0 saturated carbocycles. The van der Waals surface area contributed by atoms with Gasteiger partial charge in [-0.25, -0.2) is 0 Å². The maximum absolute atomic E-state index is 7.50. The second-order valence-electron chi connectivity index (χ2n) is 32.5. The molecule has 6 aromatic rings. The topological polar surface area (TPSA) is 124 Å². The molecule has 0 amide bonds. The van der Waals surface area contributed by atoms with Crippen LogP contribution in [0.3, 0.4) is 0 Å². The zero-order chi connectivity index (χ0) is 83.0. The Morgan fingerprint density at radius 1 is 0.188 bits per heavy atom. The Kier molecular flexibility index (Phi) is 73.1. The van der Waals surface area contributed by atoms with Gasteiger partial charge >= 0.3 is 109 Å². The molecule has 0 N–H and O–H groups in total. The van der Waals surface area contributed by atoms with Crippen LogP contribution < -0.4 is 24.8 Å². The SMILES string of the molecule is Cc1cc(C)c([N-]P(C(C)C)C(C)C)c(C)c1.Cc1cc(C)c([N-]P(C(C)C)C(C)C)c(C)c1.Cc1cc(C)c([N-]P(C(C)C)C(C)C)c(C)c1.Cc1cc(C)c([N-]P(C(C)C)C(C)C)c(C)c1.Cc1cc(C)c([N-]P(C(C)C)C(C)C)c(C)c1.Cc1cc(C)c([N-]P(C(C)C)C(C)C)c(C)c1.[C-]#[O+].[C-]#[O+].[Cl-].[Cl-].[Co+2].[Co+2].[Zr+2].[Zr+2]. The van der Waals surface area contributed by atoms with Crippen LogP contribution in [0.5, 0.6) is 0 Å². The summed E-state index contributed by atoms with van der Waals surface area (Å²) < 4.78 is 15.0. The van der Waals surface area contributed by atoms with Gasteiger partial charge in [-0.1, -0.05) is 339 Å². The van der Waals surface area contributed by atoms with Gasteiger partial charge in [0.2, 0.25) is 0 Å². The molecule has 0 atom stereocenters. The summed E-state index contributed by atoms with van der Waals surface area (Å²) in [4.78, 5) is 0. The van der Waals surface area contributed by atoms with Crippen LogP contribution in [-0.2, 0) is 95.3 Å². The van der Waals surface area contributed by atoms with Gasteiger partial charge in [-0.2, -0.15) is 48.4 Å².